The van der Waals surface area contributed by atoms with Crippen LogP contribution in [0, 0.1) is 6.92 Å². The number of nitrogens with zero attached hydrogens (tertiary/aromatic N) is 3. The molecule has 0 aliphatic rings. The summed E-state index contributed by atoms with van der Waals surface area (Å²) >= 11 is 1.40. The molecule has 2 aromatic carbocycles. The number of aromatic nitrogens is 4. The fourth-order valence-corrected chi connectivity index (χ4v) is 4.45. The van der Waals surface area contributed by atoms with Crippen LogP contribution in [0.5, 0.6) is 0 Å². The lowest BCUT2D eigenvalue weighted by molar-refractivity contribution is 0.102. The number of Topliss-reactive ketones (excluding diaryl/α,β-unsaturated/α-hetero) is 1. The molecule has 0 fully saturated rings. The van der Waals surface area contributed by atoms with E-state index in [1.54, 1.807) is 12.5 Å². The van der Waals surface area contributed by atoms with E-state index in [0.717, 1.165) is 33.6 Å². The predicted octanol–water partition coefficient (Wildman–Crippen LogP) is 5.35. The summed E-state index contributed by atoms with van der Waals surface area (Å²) in [6.45, 7) is 2.52. The number of thioether (sulfide) groups is 1. The standard InChI is InChI=1S/C24H20N4O2S/c1-16-18(11-12-30-16)23-26-27-24(28(23)14-17-7-3-2-4-8-17)31-15-22(29)20-13-25-21-10-6-5-9-19(20)21/h2-13,25H,14-15H2,1H3. The summed E-state index contributed by atoms with van der Waals surface area (Å²) in [5.41, 5.74) is 3.69. The van der Waals surface area contributed by atoms with Crippen LogP contribution in [0.25, 0.3) is 22.3 Å². The molecule has 3 heterocycles. The normalized spacial score (nSPS) is 11.3. The minimum absolute atomic E-state index is 0.0535. The van der Waals surface area contributed by atoms with Gasteiger partial charge in [0.2, 0.25) is 0 Å². The summed E-state index contributed by atoms with van der Waals surface area (Å²) < 4.78 is 7.52. The van der Waals surface area contributed by atoms with Gasteiger partial charge in [-0.2, -0.15) is 0 Å². The van der Waals surface area contributed by atoms with Crippen LogP contribution in [0.15, 0.2) is 82.7 Å². The highest BCUT2D eigenvalue weighted by molar-refractivity contribution is 7.99. The number of H-pyrrole nitrogens is 1. The van der Waals surface area contributed by atoms with E-state index in [9.17, 15) is 4.79 Å². The predicted molar refractivity (Wildman–Crippen MR) is 121 cm³/mol. The molecule has 0 atom stereocenters. The van der Waals surface area contributed by atoms with Crippen LogP contribution in [0.1, 0.15) is 21.7 Å². The van der Waals surface area contributed by atoms with Crippen LogP contribution in [-0.4, -0.2) is 31.3 Å². The van der Waals surface area contributed by atoms with Crippen LogP contribution in [-0.2, 0) is 6.54 Å². The van der Waals surface area contributed by atoms with Gasteiger partial charge in [-0.25, -0.2) is 0 Å². The lowest BCUT2D eigenvalue weighted by Crippen LogP contribution is -2.07. The van der Waals surface area contributed by atoms with Gasteiger partial charge in [0.25, 0.3) is 0 Å². The molecule has 6 nitrogen and oxygen atoms in total. The van der Waals surface area contributed by atoms with E-state index in [4.69, 9.17) is 4.42 Å². The Morgan fingerprint density at radius 1 is 1.06 bits per heavy atom. The number of hydrogen-bond donors (Lipinski definition) is 1. The summed E-state index contributed by atoms with van der Waals surface area (Å²) in [5, 5.41) is 10.5. The number of hydrogen-bond acceptors (Lipinski definition) is 5. The van der Waals surface area contributed by atoms with Crippen molar-refractivity contribution in [3.8, 4) is 11.4 Å². The third-order valence-electron chi connectivity index (χ3n) is 5.22. The molecular formula is C24H20N4O2S. The average Bonchev–Trinajstić information content (AvgIpc) is 3.51. The lowest BCUT2D eigenvalue weighted by atomic mass is 10.1. The summed E-state index contributed by atoms with van der Waals surface area (Å²) in [7, 11) is 0. The molecule has 7 heteroatoms. The van der Waals surface area contributed by atoms with Gasteiger partial charge in [-0.3, -0.25) is 9.36 Å². The molecule has 5 rings (SSSR count). The largest absolute Gasteiger partial charge is 0.469 e. The van der Waals surface area contributed by atoms with Gasteiger partial charge in [-0.1, -0.05) is 60.3 Å². The summed E-state index contributed by atoms with van der Waals surface area (Å²) in [5.74, 6) is 1.85. The number of fused-ring (bicyclic) bond motifs is 1. The molecule has 154 valence electrons. The van der Waals surface area contributed by atoms with Gasteiger partial charge in [0.1, 0.15) is 5.76 Å². The minimum Gasteiger partial charge on any atom is -0.469 e. The van der Waals surface area contributed by atoms with E-state index in [1.807, 2.05) is 60.0 Å². The Hall–Kier alpha value is -3.58. The summed E-state index contributed by atoms with van der Waals surface area (Å²) in [6, 6.07) is 19.9. The molecule has 0 saturated carbocycles. The number of furan rings is 1. The molecule has 0 unspecified atom stereocenters. The fraction of sp³-hybridized carbons (Fsp3) is 0.125. The van der Waals surface area contributed by atoms with Gasteiger partial charge < -0.3 is 9.40 Å². The number of carbonyl (C=O) groups excluding carboxylic acids is 1. The Morgan fingerprint density at radius 3 is 2.68 bits per heavy atom. The molecular weight excluding hydrogens is 408 g/mol. The van der Waals surface area contributed by atoms with Crippen LogP contribution in [0.3, 0.4) is 0 Å². The summed E-state index contributed by atoms with van der Waals surface area (Å²) in [4.78, 5) is 16.1. The van der Waals surface area contributed by atoms with E-state index in [0.29, 0.717) is 17.3 Å². The number of para-hydroxylation sites is 1. The van der Waals surface area contributed by atoms with Crippen LogP contribution in [0.4, 0.5) is 0 Å². The highest BCUT2D eigenvalue weighted by Gasteiger charge is 2.20. The van der Waals surface area contributed by atoms with E-state index in [1.165, 1.54) is 11.8 Å². The second kappa shape index (κ2) is 8.28. The summed E-state index contributed by atoms with van der Waals surface area (Å²) in [6.07, 6.45) is 3.43. The Morgan fingerprint density at radius 2 is 1.87 bits per heavy atom. The zero-order chi connectivity index (χ0) is 21.2. The Labute approximate surface area is 183 Å². The molecule has 0 radical (unpaired) electrons. The topological polar surface area (TPSA) is 76.7 Å². The van der Waals surface area contributed by atoms with Crippen LogP contribution < -0.4 is 0 Å². The Bertz CT molecular complexity index is 1350. The Kier molecular flexibility index (Phi) is 5.18. The highest BCUT2D eigenvalue weighted by Crippen LogP contribution is 2.29. The minimum atomic E-state index is 0.0535. The highest BCUT2D eigenvalue weighted by atomic mass is 32.2. The first-order valence-corrected chi connectivity index (χ1v) is 10.9. The van der Waals surface area contributed by atoms with E-state index in [-0.39, 0.29) is 11.5 Å². The van der Waals surface area contributed by atoms with Gasteiger partial charge in [-0.15, -0.1) is 10.2 Å². The number of aromatic amines is 1. The number of aryl methyl sites for hydroxylation is 1. The first kappa shape index (κ1) is 19.4. The SMILES string of the molecule is Cc1occc1-c1nnc(SCC(=O)c2c[nH]c3ccccc23)n1Cc1ccccc1. The van der Waals surface area contributed by atoms with Gasteiger partial charge in [0.05, 0.1) is 24.1 Å². The van der Waals surface area contributed by atoms with Gasteiger partial charge in [0, 0.05) is 22.7 Å². The first-order chi connectivity index (χ1) is 15.2. The van der Waals surface area contributed by atoms with Crippen molar-refractivity contribution in [2.45, 2.75) is 18.6 Å². The maximum atomic E-state index is 12.9. The van der Waals surface area contributed by atoms with Crippen molar-refractivity contribution in [1.82, 2.24) is 19.7 Å². The smallest absolute Gasteiger partial charge is 0.192 e. The van der Waals surface area contributed by atoms with Gasteiger partial charge in [-0.05, 0) is 24.6 Å². The van der Waals surface area contributed by atoms with Crippen molar-refractivity contribution < 1.29 is 9.21 Å². The second-order valence-corrected chi connectivity index (χ2v) is 8.17. The zero-order valence-corrected chi connectivity index (χ0v) is 17.7. The molecule has 31 heavy (non-hydrogen) atoms. The molecule has 0 amide bonds. The monoisotopic (exact) mass is 428 g/mol. The van der Waals surface area contributed by atoms with Crippen LogP contribution in [0.2, 0.25) is 0 Å². The maximum Gasteiger partial charge on any atom is 0.192 e. The van der Waals surface area contributed by atoms with Crippen molar-refractivity contribution in [1.29, 1.82) is 0 Å². The molecule has 0 saturated heterocycles. The molecule has 0 bridgehead atoms. The number of rotatable bonds is 7. The van der Waals surface area contributed by atoms with Crippen molar-refractivity contribution in [3.05, 3.63) is 90.0 Å². The third-order valence-corrected chi connectivity index (χ3v) is 6.19. The molecule has 0 aliphatic carbocycles. The number of ketones is 1. The first-order valence-electron chi connectivity index (χ1n) is 9.94. The van der Waals surface area contributed by atoms with Crippen molar-refractivity contribution in [3.63, 3.8) is 0 Å². The van der Waals surface area contributed by atoms with Crippen molar-refractivity contribution in [2.24, 2.45) is 0 Å². The van der Waals surface area contributed by atoms with Gasteiger partial charge >= 0.3 is 0 Å². The number of nitrogens with one attached hydrogen (secondary N) is 1. The fourth-order valence-electron chi connectivity index (χ4n) is 3.63. The van der Waals surface area contributed by atoms with E-state index >= 15 is 0 Å². The molecule has 5 aromatic rings. The second-order valence-electron chi connectivity index (χ2n) is 7.23. The maximum absolute atomic E-state index is 12.9. The molecule has 0 spiro atoms. The molecule has 1 N–H and O–H groups in total. The number of benzene rings is 2. The molecule has 3 aromatic heterocycles. The zero-order valence-electron chi connectivity index (χ0n) is 16.9. The van der Waals surface area contributed by atoms with Gasteiger partial charge in [0.15, 0.2) is 16.8 Å². The van der Waals surface area contributed by atoms with Crippen LogP contribution >= 0.6 is 11.8 Å². The third kappa shape index (κ3) is 3.80. The van der Waals surface area contributed by atoms with Crippen molar-refractivity contribution >= 4 is 28.4 Å². The van der Waals surface area contributed by atoms with Crippen molar-refractivity contribution in [2.75, 3.05) is 5.75 Å². The van der Waals surface area contributed by atoms with E-state index < -0.39 is 0 Å². The lowest BCUT2D eigenvalue weighted by Gasteiger charge is -2.10. The number of carbonyl (C=O) groups is 1. The average molecular weight is 429 g/mol. The van der Waals surface area contributed by atoms with E-state index in [2.05, 4.69) is 27.3 Å². The molecule has 0 aliphatic heterocycles. The Balaban J connectivity index is 1.44. The quantitative estimate of drug-likeness (QED) is 0.279.